The molecule has 0 spiro atoms. The zero-order chi connectivity index (χ0) is 24.4. The van der Waals surface area contributed by atoms with Crippen LogP contribution < -0.4 is 9.47 Å². The number of rotatable bonds is 7. The Hall–Kier alpha value is -3.15. The quantitative estimate of drug-likeness (QED) is 0.569. The van der Waals surface area contributed by atoms with Gasteiger partial charge in [0.25, 0.3) is 0 Å². The van der Waals surface area contributed by atoms with Crippen LogP contribution in [0.5, 0.6) is 11.5 Å². The molecule has 2 aromatic rings. The van der Waals surface area contributed by atoms with Crippen LogP contribution in [0.25, 0.3) is 0 Å². The fourth-order valence-corrected chi connectivity index (χ4v) is 4.66. The molecule has 0 atom stereocenters. The lowest BCUT2D eigenvalue weighted by atomic mass is 10.1. The predicted octanol–water partition coefficient (Wildman–Crippen LogP) is 1.76. The molecule has 1 aliphatic heterocycles. The van der Waals surface area contributed by atoms with E-state index in [1.54, 1.807) is 35.7 Å². The highest BCUT2D eigenvalue weighted by molar-refractivity contribution is 7.89. The Bertz CT molecular complexity index is 1020. The van der Waals surface area contributed by atoms with Crippen molar-refractivity contribution in [1.29, 1.82) is 0 Å². The van der Waals surface area contributed by atoms with Crippen molar-refractivity contribution in [3.8, 4) is 11.5 Å². The topological polar surface area (TPSA) is 134 Å². The molecular formula is C22H28N2O8S. The summed E-state index contributed by atoms with van der Waals surface area (Å²) in [5, 5.41) is 14.8. The van der Waals surface area contributed by atoms with E-state index in [2.05, 4.69) is 4.90 Å². The first-order valence-corrected chi connectivity index (χ1v) is 11.7. The van der Waals surface area contributed by atoms with Crippen LogP contribution in [0, 0.1) is 0 Å². The van der Waals surface area contributed by atoms with E-state index in [1.165, 1.54) is 0 Å². The minimum atomic E-state index is -3.41. The molecule has 3 rings (SSSR count). The van der Waals surface area contributed by atoms with Gasteiger partial charge in [0.1, 0.15) is 0 Å². The molecule has 1 fully saturated rings. The molecule has 2 N–H and O–H groups in total. The number of carboxylic acid groups (broad SMARTS) is 2. The molecular weight excluding hydrogens is 452 g/mol. The van der Waals surface area contributed by atoms with Crippen LogP contribution in [-0.2, 0) is 26.2 Å². The van der Waals surface area contributed by atoms with Crippen LogP contribution >= 0.6 is 0 Å². The summed E-state index contributed by atoms with van der Waals surface area (Å²) >= 11 is 0. The number of sulfonamides is 1. The molecule has 0 saturated carbocycles. The second kappa shape index (κ2) is 12.2. The van der Waals surface area contributed by atoms with Gasteiger partial charge in [-0.2, -0.15) is 4.31 Å². The molecule has 1 aliphatic rings. The van der Waals surface area contributed by atoms with E-state index < -0.39 is 22.0 Å². The number of aliphatic carboxylic acids is 2. The van der Waals surface area contributed by atoms with Gasteiger partial charge in [0.05, 0.1) is 18.6 Å². The third-order valence-corrected chi connectivity index (χ3v) is 6.74. The average molecular weight is 481 g/mol. The molecule has 0 unspecified atom stereocenters. The maximum absolute atomic E-state index is 12.7. The van der Waals surface area contributed by atoms with Crippen LogP contribution in [0.15, 0.2) is 53.4 Å². The highest BCUT2D eigenvalue weighted by atomic mass is 32.2. The number of benzene rings is 2. The van der Waals surface area contributed by atoms with Crippen LogP contribution in [0.1, 0.15) is 12.5 Å². The monoisotopic (exact) mass is 480 g/mol. The zero-order valence-corrected chi connectivity index (χ0v) is 19.3. The lowest BCUT2D eigenvalue weighted by Gasteiger charge is -2.34. The van der Waals surface area contributed by atoms with Crippen LogP contribution in [-0.4, -0.2) is 79.7 Å². The molecule has 180 valence electrons. The second-order valence-electron chi connectivity index (χ2n) is 7.02. The molecule has 0 amide bonds. The summed E-state index contributed by atoms with van der Waals surface area (Å²) in [5.74, 6) is -2.19. The van der Waals surface area contributed by atoms with Gasteiger partial charge in [-0.25, -0.2) is 18.0 Å². The molecule has 11 heteroatoms. The third-order valence-electron chi connectivity index (χ3n) is 4.83. The number of nitrogens with zero attached hydrogens (tertiary/aromatic N) is 2. The van der Waals surface area contributed by atoms with Gasteiger partial charge >= 0.3 is 11.9 Å². The number of hydrogen-bond acceptors (Lipinski definition) is 7. The summed E-state index contributed by atoms with van der Waals surface area (Å²) in [4.78, 5) is 20.8. The third kappa shape index (κ3) is 7.45. The highest BCUT2D eigenvalue weighted by Gasteiger charge is 2.28. The Kier molecular flexibility index (Phi) is 9.64. The van der Waals surface area contributed by atoms with E-state index in [4.69, 9.17) is 29.3 Å². The van der Waals surface area contributed by atoms with Gasteiger partial charge in [-0.3, -0.25) is 4.90 Å². The Labute approximate surface area is 193 Å². The molecule has 2 aromatic carbocycles. The number of ether oxygens (including phenoxy) is 2. The summed E-state index contributed by atoms with van der Waals surface area (Å²) in [6.45, 7) is 5.66. The normalized spacial score (nSPS) is 14.6. The summed E-state index contributed by atoms with van der Waals surface area (Å²) in [5.41, 5.74) is 1.12. The number of carboxylic acids is 2. The van der Waals surface area contributed by atoms with Crippen molar-refractivity contribution < 1.29 is 37.7 Å². The second-order valence-corrected chi connectivity index (χ2v) is 8.96. The lowest BCUT2D eigenvalue weighted by molar-refractivity contribution is -0.159. The smallest absolute Gasteiger partial charge is 0.414 e. The highest BCUT2D eigenvalue weighted by Crippen LogP contribution is 2.29. The SMILES string of the molecule is CCOc1ccc(CN2CCN(S(=O)(=O)c3ccccc3)CC2)cc1OC.O=C(O)C(=O)O. The predicted molar refractivity (Wildman–Crippen MR) is 120 cm³/mol. The molecule has 0 bridgehead atoms. The van der Waals surface area contributed by atoms with Gasteiger partial charge in [0, 0.05) is 32.7 Å². The number of hydrogen-bond donors (Lipinski definition) is 2. The first kappa shape index (κ1) is 26.1. The molecule has 33 heavy (non-hydrogen) atoms. The zero-order valence-electron chi connectivity index (χ0n) is 18.5. The first-order chi connectivity index (χ1) is 15.7. The maximum atomic E-state index is 12.7. The van der Waals surface area contributed by atoms with Gasteiger partial charge in [0.2, 0.25) is 10.0 Å². The summed E-state index contributed by atoms with van der Waals surface area (Å²) in [6, 6.07) is 14.6. The Morgan fingerprint density at radius 2 is 1.55 bits per heavy atom. The Morgan fingerprint density at radius 1 is 0.939 bits per heavy atom. The van der Waals surface area contributed by atoms with Gasteiger partial charge in [-0.15, -0.1) is 0 Å². The van der Waals surface area contributed by atoms with E-state index in [0.717, 1.165) is 23.6 Å². The van der Waals surface area contributed by atoms with Crippen molar-refractivity contribution in [1.82, 2.24) is 9.21 Å². The number of piperazine rings is 1. The van der Waals surface area contributed by atoms with Crippen molar-refractivity contribution in [2.75, 3.05) is 39.9 Å². The molecule has 10 nitrogen and oxygen atoms in total. The van der Waals surface area contributed by atoms with E-state index >= 15 is 0 Å². The molecule has 1 saturated heterocycles. The van der Waals surface area contributed by atoms with Crippen molar-refractivity contribution in [2.24, 2.45) is 0 Å². The lowest BCUT2D eigenvalue weighted by Crippen LogP contribution is -2.48. The van der Waals surface area contributed by atoms with Crippen LogP contribution in [0.4, 0.5) is 0 Å². The summed E-state index contributed by atoms with van der Waals surface area (Å²) < 4.78 is 38.0. The molecule has 1 heterocycles. The summed E-state index contributed by atoms with van der Waals surface area (Å²) in [7, 11) is -1.78. The van der Waals surface area contributed by atoms with Crippen LogP contribution in [0.3, 0.4) is 0 Å². The molecule has 0 radical (unpaired) electrons. The minimum Gasteiger partial charge on any atom is -0.493 e. The van der Waals surface area contributed by atoms with Crippen molar-refractivity contribution in [3.63, 3.8) is 0 Å². The van der Waals surface area contributed by atoms with Crippen molar-refractivity contribution in [2.45, 2.75) is 18.4 Å². The van der Waals surface area contributed by atoms with Crippen molar-refractivity contribution >= 4 is 22.0 Å². The fraction of sp³-hybridized carbons (Fsp3) is 0.364. The van der Waals surface area contributed by atoms with Crippen molar-refractivity contribution in [3.05, 3.63) is 54.1 Å². The molecule has 0 aromatic heterocycles. The van der Waals surface area contributed by atoms with E-state index in [-0.39, 0.29) is 0 Å². The van der Waals surface area contributed by atoms with Gasteiger partial charge in [-0.05, 0) is 36.8 Å². The van der Waals surface area contributed by atoms with Crippen LogP contribution in [0.2, 0.25) is 0 Å². The first-order valence-electron chi connectivity index (χ1n) is 10.2. The van der Waals surface area contributed by atoms with E-state index in [9.17, 15) is 8.42 Å². The number of carbonyl (C=O) groups is 2. The minimum absolute atomic E-state index is 0.356. The standard InChI is InChI=1S/C20H26N2O4S.C2H2O4/c1-3-26-19-10-9-17(15-20(19)25-2)16-21-11-13-22(14-12-21)27(23,24)18-7-5-4-6-8-18;3-1(4)2(5)6/h4-10,15H,3,11-14,16H2,1-2H3;(H,3,4)(H,5,6). The molecule has 0 aliphatic carbocycles. The maximum Gasteiger partial charge on any atom is 0.414 e. The van der Waals surface area contributed by atoms with Gasteiger partial charge < -0.3 is 19.7 Å². The average Bonchev–Trinajstić information content (AvgIpc) is 2.81. The van der Waals surface area contributed by atoms with E-state index in [0.29, 0.717) is 37.7 Å². The summed E-state index contributed by atoms with van der Waals surface area (Å²) in [6.07, 6.45) is 0. The Balaban J connectivity index is 0.000000569. The fourth-order valence-electron chi connectivity index (χ4n) is 3.21. The van der Waals surface area contributed by atoms with Gasteiger partial charge in [-0.1, -0.05) is 24.3 Å². The number of methoxy groups -OCH3 is 1. The van der Waals surface area contributed by atoms with E-state index in [1.807, 2.05) is 31.2 Å². The van der Waals surface area contributed by atoms with Gasteiger partial charge in [0.15, 0.2) is 11.5 Å². The Morgan fingerprint density at radius 3 is 2.06 bits per heavy atom. The largest absolute Gasteiger partial charge is 0.493 e.